The van der Waals surface area contributed by atoms with Crippen molar-refractivity contribution >= 4 is 17.9 Å². The van der Waals surface area contributed by atoms with E-state index in [1.807, 2.05) is 20.8 Å². The van der Waals surface area contributed by atoms with Crippen molar-refractivity contribution in [3.05, 3.63) is 0 Å². The number of rotatable bonds is 24. The lowest BCUT2D eigenvalue weighted by molar-refractivity contribution is -0.212. The van der Waals surface area contributed by atoms with Crippen molar-refractivity contribution < 1.29 is 48.7 Å². The quantitative estimate of drug-likeness (QED) is 0.171. The van der Waals surface area contributed by atoms with Crippen LogP contribution in [0.2, 0.25) is 0 Å². The molecule has 0 saturated carbocycles. The van der Waals surface area contributed by atoms with Crippen molar-refractivity contribution in [2.75, 3.05) is 46.2 Å². The van der Waals surface area contributed by atoms with Gasteiger partial charge in [-0.05, 0) is 32.1 Å². The van der Waals surface area contributed by atoms with Crippen LogP contribution >= 0.6 is 0 Å². The molecule has 0 saturated heterocycles. The van der Waals surface area contributed by atoms with Gasteiger partial charge in [0.25, 0.3) is 0 Å². The van der Waals surface area contributed by atoms with E-state index in [1.165, 1.54) is 0 Å². The van der Waals surface area contributed by atoms with Gasteiger partial charge >= 0.3 is 17.9 Å². The Labute approximate surface area is 202 Å². The molecule has 0 aromatic heterocycles. The number of aliphatic carboxylic acids is 3. The summed E-state index contributed by atoms with van der Waals surface area (Å²) in [7, 11) is 0. The van der Waals surface area contributed by atoms with Crippen LogP contribution in [0.5, 0.6) is 0 Å². The lowest BCUT2D eigenvalue weighted by atomic mass is 9.65. The fourth-order valence-electron chi connectivity index (χ4n) is 3.64. The molecule has 0 rings (SSSR count). The van der Waals surface area contributed by atoms with Crippen molar-refractivity contribution in [3.8, 4) is 0 Å². The molecule has 200 valence electrons. The Balaban J connectivity index is 5.98. The van der Waals surface area contributed by atoms with E-state index >= 15 is 0 Å². The van der Waals surface area contributed by atoms with Gasteiger partial charge in [-0.15, -0.1) is 0 Å². The SMILES string of the molecule is CCCCOCCOC(CC(=O)O)(C(=O)O)C(CCOCCCC)(CCOCCCC)C(=O)O. The van der Waals surface area contributed by atoms with Crippen molar-refractivity contribution in [2.45, 2.75) is 84.2 Å². The Morgan fingerprint density at radius 1 is 0.618 bits per heavy atom. The van der Waals surface area contributed by atoms with Gasteiger partial charge in [-0.1, -0.05) is 40.0 Å². The second-order valence-electron chi connectivity index (χ2n) is 8.34. The number of hydrogen-bond acceptors (Lipinski definition) is 7. The fourth-order valence-corrected chi connectivity index (χ4v) is 3.64. The van der Waals surface area contributed by atoms with Crippen LogP contribution in [-0.4, -0.2) is 85.1 Å². The number of hydrogen-bond donors (Lipinski definition) is 3. The van der Waals surface area contributed by atoms with Gasteiger partial charge in [-0.3, -0.25) is 9.59 Å². The molecule has 1 unspecified atom stereocenters. The van der Waals surface area contributed by atoms with E-state index in [-0.39, 0.29) is 39.3 Å². The smallest absolute Gasteiger partial charge is 0.337 e. The molecule has 0 aliphatic heterocycles. The highest BCUT2D eigenvalue weighted by Crippen LogP contribution is 2.45. The zero-order valence-corrected chi connectivity index (χ0v) is 21.0. The van der Waals surface area contributed by atoms with E-state index in [9.17, 15) is 29.7 Å². The van der Waals surface area contributed by atoms with Crippen LogP contribution in [0.3, 0.4) is 0 Å². The molecule has 34 heavy (non-hydrogen) atoms. The summed E-state index contributed by atoms with van der Waals surface area (Å²) in [5, 5.41) is 30.1. The molecule has 0 aliphatic rings. The Kier molecular flexibility index (Phi) is 17.6. The first-order valence-electron chi connectivity index (χ1n) is 12.3. The van der Waals surface area contributed by atoms with Crippen molar-refractivity contribution in [1.29, 1.82) is 0 Å². The molecule has 0 fully saturated rings. The van der Waals surface area contributed by atoms with E-state index in [0.717, 1.165) is 38.5 Å². The summed E-state index contributed by atoms with van der Waals surface area (Å²) in [6.07, 6.45) is 3.53. The number of carboxylic acids is 3. The van der Waals surface area contributed by atoms with Crippen LogP contribution < -0.4 is 0 Å². The van der Waals surface area contributed by atoms with Crippen LogP contribution in [0.1, 0.15) is 78.6 Å². The fraction of sp³-hybridized carbons (Fsp3) is 0.875. The Hall–Kier alpha value is -1.75. The average Bonchev–Trinajstić information content (AvgIpc) is 2.78. The van der Waals surface area contributed by atoms with E-state index in [4.69, 9.17) is 18.9 Å². The predicted octanol–water partition coefficient (Wildman–Crippen LogP) is 3.60. The number of ether oxygens (including phenoxy) is 4. The predicted molar refractivity (Wildman–Crippen MR) is 125 cm³/mol. The van der Waals surface area contributed by atoms with Crippen LogP contribution in [0.4, 0.5) is 0 Å². The minimum Gasteiger partial charge on any atom is -0.481 e. The summed E-state index contributed by atoms with van der Waals surface area (Å²) in [4.78, 5) is 37.0. The van der Waals surface area contributed by atoms with Gasteiger partial charge < -0.3 is 34.3 Å². The Morgan fingerprint density at radius 2 is 1.06 bits per heavy atom. The first-order chi connectivity index (χ1) is 16.2. The molecule has 0 radical (unpaired) electrons. The molecule has 10 heteroatoms. The summed E-state index contributed by atoms with van der Waals surface area (Å²) in [5.41, 5.74) is -4.61. The summed E-state index contributed by atoms with van der Waals surface area (Å²) in [6.45, 7) is 6.85. The van der Waals surface area contributed by atoms with Crippen LogP contribution in [-0.2, 0) is 33.3 Å². The highest BCUT2D eigenvalue weighted by atomic mass is 16.6. The first kappa shape index (κ1) is 32.2. The highest BCUT2D eigenvalue weighted by molar-refractivity contribution is 5.92. The molecule has 0 aromatic rings. The van der Waals surface area contributed by atoms with Gasteiger partial charge in [-0.25, -0.2) is 4.79 Å². The van der Waals surface area contributed by atoms with E-state index < -0.39 is 35.3 Å². The second-order valence-corrected chi connectivity index (χ2v) is 8.34. The van der Waals surface area contributed by atoms with Crippen molar-refractivity contribution in [1.82, 2.24) is 0 Å². The average molecular weight is 493 g/mol. The molecular formula is C24H44O10. The second kappa shape index (κ2) is 18.6. The Bertz CT molecular complexity index is 566. The van der Waals surface area contributed by atoms with E-state index in [2.05, 4.69) is 0 Å². The van der Waals surface area contributed by atoms with Gasteiger partial charge in [0.05, 0.1) is 19.6 Å². The van der Waals surface area contributed by atoms with Crippen LogP contribution in [0.15, 0.2) is 0 Å². The van der Waals surface area contributed by atoms with Gasteiger partial charge in [0.2, 0.25) is 0 Å². The highest BCUT2D eigenvalue weighted by Gasteiger charge is 2.63. The summed E-state index contributed by atoms with van der Waals surface area (Å²) in [6, 6.07) is 0. The minimum absolute atomic E-state index is 0.0182. The van der Waals surface area contributed by atoms with Gasteiger partial charge in [0.1, 0.15) is 5.41 Å². The zero-order chi connectivity index (χ0) is 25.9. The largest absolute Gasteiger partial charge is 0.481 e. The molecule has 0 amide bonds. The van der Waals surface area contributed by atoms with E-state index in [1.54, 1.807) is 0 Å². The first-order valence-corrected chi connectivity index (χ1v) is 12.3. The topological polar surface area (TPSA) is 149 Å². The van der Waals surface area contributed by atoms with Crippen LogP contribution in [0, 0.1) is 5.41 Å². The third-order valence-corrected chi connectivity index (χ3v) is 5.78. The minimum atomic E-state index is -2.53. The summed E-state index contributed by atoms with van der Waals surface area (Å²) in [5.74, 6) is -4.58. The number of carboxylic acid groups (broad SMARTS) is 3. The van der Waals surface area contributed by atoms with Gasteiger partial charge in [0, 0.05) is 33.0 Å². The van der Waals surface area contributed by atoms with E-state index in [0.29, 0.717) is 19.8 Å². The molecule has 0 spiro atoms. The Morgan fingerprint density at radius 3 is 1.41 bits per heavy atom. The normalized spacial score (nSPS) is 13.5. The van der Waals surface area contributed by atoms with Crippen molar-refractivity contribution in [3.63, 3.8) is 0 Å². The zero-order valence-electron chi connectivity index (χ0n) is 21.0. The lowest BCUT2D eigenvalue weighted by Gasteiger charge is -2.44. The molecule has 3 N–H and O–H groups in total. The molecular weight excluding hydrogens is 448 g/mol. The molecule has 0 bridgehead atoms. The molecule has 0 aliphatic carbocycles. The molecule has 1 atom stereocenters. The van der Waals surface area contributed by atoms with Gasteiger partial charge in [0.15, 0.2) is 5.60 Å². The third-order valence-electron chi connectivity index (χ3n) is 5.78. The van der Waals surface area contributed by atoms with Gasteiger partial charge in [-0.2, -0.15) is 0 Å². The summed E-state index contributed by atoms with van der Waals surface area (Å²) < 4.78 is 22.2. The lowest BCUT2D eigenvalue weighted by Crippen LogP contribution is -2.62. The standard InChI is InChI=1S/C24H44O10/c1-4-7-12-31-15-10-23(21(27)28,11-16-32-13-8-5-2)24(22(29)30,19-20(25)26)34-18-17-33-14-9-6-3/h4-19H2,1-3H3,(H,25,26)(H,27,28)(H,29,30). The molecule has 0 aromatic carbocycles. The number of unbranched alkanes of at least 4 members (excludes halogenated alkanes) is 3. The van der Waals surface area contributed by atoms with Crippen molar-refractivity contribution in [2.24, 2.45) is 5.41 Å². The number of carbonyl (C=O) groups is 3. The molecule has 10 nitrogen and oxygen atoms in total. The third kappa shape index (κ3) is 10.7. The maximum atomic E-state index is 12.7. The van der Waals surface area contributed by atoms with Crippen LogP contribution in [0.25, 0.3) is 0 Å². The molecule has 0 heterocycles. The maximum Gasteiger partial charge on any atom is 0.337 e. The summed E-state index contributed by atoms with van der Waals surface area (Å²) >= 11 is 0. The monoisotopic (exact) mass is 492 g/mol. The maximum absolute atomic E-state index is 12.7.